The molecule has 0 radical (unpaired) electrons. The first kappa shape index (κ1) is 10.1. The molecule has 1 aliphatic heterocycles. The summed E-state index contributed by atoms with van der Waals surface area (Å²) in [6.07, 6.45) is -0.0650. The minimum absolute atomic E-state index is 0.0650. The van der Waals surface area contributed by atoms with Gasteiger partial charge in [0, 0.05) is 5.66 Å². The summed E-state index contributed by atoms with van der Waals surface area (Å²) in [5.74, 6) is 0. The van der Waals surface area contributed by atoms with Gasteiger partial charge in [0.05, 0.1) is 0 Å². The van der Waals surface area contributed by atoms with Crippen LogP contribution in [0.15, 0.2) is 30.3 Å². The van der Waals surface area contributed by atoms with E-state index in [0.29, 0.717) is 5.66 Å². The topological polar surface area (TPSA) is 35.5 Å². The minimum Gasteiger partial charge on any atom is -0.758 e. The van der Waals surface area contributed by atoms with Gasteiger partial charge in [0.15, 0.2) is 0 Å². The van der Waals surface area contributed by atoms with E-state index in [4.69, 9.17) is 4.84 Å². The monoisotopic (exact) mass is 210 g/mol. The number of rotatable bonds is 1. The Hall–Kier alpha value is -0.470. The van der Waals surface area contributed by atoms with Crippen LogP contribution in [-0.4, -0.2) is 17.3 Å². The molecule has 1 saturated heterocycles. The van der Waals surface area contributed by atoms with Crippen molar-refractivity contribution in [2.45, 2.75) is 18.7 Å². The molecular formula is C10H13NO2P-. The van der Waals surface area contributed by atoms with E-state index in [1.165, 1.54) is 0 Å². The Balaban J connectivity index is 2.21. The van der Waals surface area contributed by atoms with Gasteiger partial charge in [-0.25, -0.2) is 5.00 Å². The molecule has 4 heteroatoms. The number of nitrogens with zero attached hydrogens (tertiary/aromatic N) is 1. The highest BCUT2D eigenvalue weighted by molar-refractivity contribution is 7.55. The zero-order chi connectivity index (χ0) is 10.1. The molecule has 3 atom stereocenters. The highest BCUT2D eigenvalue weighted by Crippen LogP contribution is 2.54. The van der Waals surface area contributed by atoms with Crippen molar-refractivity contribution in [1.29, 1.82) is 0 Å². The maximum absolute atomic E-state index is 11.3. The maximum Gasteiger partial charge on any atom is 0.111 e. The Morgan fingerprint density at radius 2 is 2.00 bits per heavy atom. The second kappa shape index (κ2) is 3.95. The first-order valence-corrected chi connectivity index (χ1v) is 6.43. The van der Waals surface area contributed by atoms with Gasteiger partial charge >= 0.3 is 0 Å². The van der Waals surface area contributed by atoms with Crippen LogP contribution >= 0.6 is 8.07 Å². The van der Waals surface area contributed by atoms with Gasteiger partial charge in [0.1, 0.15) is 6.10 Å². The van der Waals surface area contributed by atoms with Crippen LogP contribution in [0.25, 0.3) is 0 Å². The van der Waals surface area contributed by atoms with Crippen molar-refractivity contribution in [3.8, 4) is 0 Å². The molecule has 0 aromatic heterocycles. The zero-order valence-electron chi connectivity index (χ0n) is 8.25. The molecule has 1 aromatic carbocycles. The zero-order valence-corrected chi connectivity index (χ0v) is 9.15. The highest BCUT2D eigenvalue weighted by atomic mass is 31.1. The molecule has 1 fully saturated rings. The van der Waals surface area contributed by atoms with E-state index < -0.39 is 8.07 Å². The first-order chi connectivity index (χ1) is 6.70. The van der Waals surface area contributed by atoms with Gasteiger partial charge in [-0.3, -0.25) is 4.84 Å². The lowest BCUT2D eigenvalue weighted by Gasteiger charge is -2.25. The Kier molecular flexibility index (Phi) is 2.84. The van der Waals surface area contributed by atoms with Crippen LogP contribution in [0.3, 0.4) is 0 Å². The predicted octanol–water partition coefficient (Wildman–Crippen LogP) is 2.89. The molecule has 1 heterocycles. The molecule has 0 saturated carbocycles. The van der Waals surface area contributed by atoms with Crippen LogP contribution in [0.4, 0.5) is 0 Å². The quantitative estimate of drug-likeness (QED) is 0.668. The average molecular weight is 210 g/mol. The standard InChI is InChI=1S/C10H13NO2P/c1-8-10(13-11(12)14(8)2)9-6-4-3-5-7-9/h3-8,10H,1-2H3/q-1/t8-,10?,14?/m0/s1. The average Bonchev–Trinajstić information content (AvgIpc) is 2.47. The van der Waals surface area contributed by atoms with Gasteiger partial charge in [-0.2, -0.15) is 0 Å². The van der Waals surface area contributed by atoms with E-state index in [9.17, 15) is 5.21 Å². The molecule has 0 amide bonds. The van der Waals surface area contributed by atoms with E-state index in [1.807, 2.05) is 37.0 Å². The van der Waals surface area contributed by atoms with Crippen molar-refractivity contribution in [2.75, 3.05) is 6.66 Å². The Morgan fingerprint density at radius 3 is 2.50 bits per heavy atom. The van der Waals surface area contributed by atoms with Crippen molar-refractivity contribution < 1.29 is 4.84 Å². The minimum atomic E-state index is -0.695. The summed E-state index contributed by atoms with van der Waals surface area (Å²) in [5, 5.41) is 11.3. The second-order valence-corrected chi connectivity index (χ2v) is 5.78. The molecular weight excluding hydrogens is 197 g/mol. The van der Waals surface area contributed by atoms with Crippen molar-refractivity contribution in [3.63, 3.8) is 0 Å². The molecule has 14 heavy (non-hydrogen) atoms. The van der Waals surface area contributed by atoms with Gasteiger partial charge in [0.25, 0.3) is 0 Å². The second-order valence-electron chi connectivity index (χ2n) is 3.49. The van der Waals surface area contributed by atoms with Gasteiger partial charge in [-0.05, 0) is 20.3 Å². The Morgan fingerprint density at radius 1 is 1.36 bits per heavy atom. The molecule has 2 unspecified atom stereocenters. The van der Waals surface area contributed by atoms with Gasteiger partial charge in [0.2, 0.25) is 0 Å². The number of hydrogen-bond acceptors (Lipinski definition) is 3. The van der Waals surface area contributed by atoms with Crippen LogP contribution < -0.4 is 0 Å². The third-order valence-electron chi connectivity index (χ3n) is 2.62. The fourth-order valence-corrected chi connectivity index (χ4v) is 2.75. The van der Waals surface area contributed by atoms with Crippen molar-refractivity contribution >= 4 is 8.07 Å². The summed E-state index contributed by atoms with van der Waals surface area (Å²) < 4.78 is 0. The molecule has 1 aromatic rings. The largest absolute Gasteiger partial charge is 0.758 e. The van der Waals surface area contributed by atoms with Crippen LogP contribution in [0.5, 0.6) is 0 Å². The molecule has 1 aliphatic rings. The van der Waals surface area contributed by atoms with E-state index in [1.54, 1.807) is 0 Å². The van der Waals surface area contributed by atoms with E-state index in [-0.39, 0.29) is 6.10 Å². The molecule has 2 rings (SSSR count). The number of hydrogen-bond donors (Lipinski definition) is 0. The summed E-state index contributed by atoms with van der Waals surface area (Å²) in [6.45, 7) is 4.03. The summed E-state index contributed by atoms with van der Waals surface area (Å²) in [5.41, 5.74) is 1.39. The van der Waals surface area contributed by atoms with Gasteiger partial charge < -0.3 is 5.21 Å². The smallest absolute Gasteiger partial charge is 0.111 e. The lowest BCUT2D eigenvalue weighted by molar-refractivity contribution is -0.0764. The van der Waals surface area contributed by atoms with E-state index in [0.717, 1.165) is 10.6 Å². The van der Waals surface area contributed by atoms with E-state index >= 15 is 0 Å². The third kappa shape index (κ3) is 1.69. The summed E-state index contributed by atoms with van der Waals surface area (Å²) in [7, 11) is -0.695. The SMILES string of the molecule is C[C@H]1C(c2ccccc2)ON([O-])P1C. The Bertz CT molecular complexity index is 306. The number of benzene rings is 1. The highest BCUT2D eigenvalue weighted by Gasteiger charge is 2.33. The van der Waals surface area contributed by atoms with Crippen LogP contribution in [-0.2, 0) is 4.84 Å². The predicted molar refractivity (Wildman–Crippen MR) is 57.8 cm³/mol. The first-order valence-electron chi connectivity index (χ1n) is 4.62. The molecule has 3 nitrogen and oxygen atoms in total. The molecule has 76 valence electrons. The van der Waals surface area contributed by atoms with Crippen LogP contribution in [0.1, 0.15) is 18.6 Å². The van der Waals surface area contributed by atoms with E-state index in [2.05, 4.69) is 6.92 Å². The maximum atomic E-state index is 11.3. The van der Waals surface area contributed by atoms with Crippen molar-refractivity contribution in [2.24, 2.45) is 0 Å². The summed E-state index contributed by atoms with van der Waals surface area (Å²) >= 11 is 0. The lowest BCUT2D eigenvalue weighted by Crippen LogP contribution is -2.08. The van der Waals surface area contributed by atoms with Crippen molar-refractivity contribution in [3.05, 3.63) is 41.1 Å². The molecule has 0 aliphatic carbocycles. The summed E-state index contributed by atoms with van der Waals surface area (Å²) in [6, 6.07) is 9.91. The van der Waals surface area contributed by atoms with Gasteiger partial charge in [-0.1, -0.05) is 37.3 Å². The molecule has 0 spiro atoms. The fourth-order valence-electron chi connectivity index (χ4n) is 1.59. The third-order valence-corrected chi connectivity index (χ3v) is 4.68. The van der Waals surface area contributed by atoms with Crippen LogP contribution in [0.2, 0.25) is 0 Å². The Labute approximate surface area is 85.0 Å². The molecule has 0 N–H and O–H groups in total. The normalized spacial score (nSPS) is 33.5. The fraction of sp³-hybridized carbons (Fsp3) is 0.400. The van der Waals surface area contributed by atoms with Gasteiger partial charge in [-0.15, -0.1) is 0 Å². The van der Waals surface area contributed by atoms with Crippen molar-refractivity contribution in [1.82, 2.24) is 5.00 Å². The summed E-state index contributed by atoms with van der Waals surface area (Å²) in [4.78, 5) is 6.05. The lowest BCUT2D eigenvalue weighted by atomic mass is 10.1. The van der Waals surface area contributed by atoms with Crippen LogP contribution in [0, 0.1) is 5.21 Å². The molecule has 0 bridgehead atoms.